The van der Waals surface area contributed by atoms with Gasteiger partial charge in [-0.15, -0.1) is 0 Å². The second kappa shape index (κ2) is 10.8. The normalized spacial score (nSPS) is 11.9. The van der Waals surface area contributed by atoms with E-state index >= 15 is 0 Å². The SMILES string of the molecule is CCNC(=O)[C@H](C)N(Cc1cccc(C)c1)C(=O)CCc1ccc(C(C)C)cc1. The summed E-state index contributed by atoms with van der Waals surface area (Å²) in [7, 11) is 0. The first-order valence-electron chi connectivity index (χ1n) is 10.5. The third kappa shape index (κ3) is 6.74. The zero-order chi connectivity index (χ0) is 21.4. The van der Waals surface area contributed by atoms with Gasteiger partial charge in [0, 0.05) is 19.5 Å². The standard InChI is InChI=1S/C25H34N2O2/c1-6-26-25(29)20(5)27(17-22-9-7-8-19(4)16-22)24(28)15-12-21-10-13-23(14-11-21)18(2)3/h7-11,13-14,16,18,20H,6,12,15,17H2,1-5H3,(H,26,29)/t20-/m0/s1. The van der Waals surface area contributed by atoms with Gasteiger partial charge in [-0.2, -0.15) is 0 Å². The Morgan fingerprint density at radius 3 is 2.28 bits per heavy atom. The first kappa shape index (κ1) is 22.7. The van der Waals surface area contributed by atoms with Crippen molar-refractivity contribution in [1.82, 2.24) is 10.2 Å². The number of aryl methyl sites for hydroxylation is 2. The van der Waals surface area contributed by atoms with Crippen LogP contribution in [0.2, 0.25) is 0 Å². The minimum absolute atomic E-state index is 0.00167. The molecule has 0 saturated heterocycles. The third-order valence-electron chi connectivity index (χ3n) is 5.23. The molecule has 0 aliphatic rings. The predicted octanol–water partition coefficient (Wildman–Crippen LogP) is 4.60. The fourth-order valence-corrected chi connectivity index (χ4v) is 3.38. The van der Waals surface area contributed by atoms with Gasteiger partial charge in [-0.25, -0.2) is 0 Å². The Kier molecular flexibility index (Phi) is 8.44. The molecule has 156 valence electrons. The molecule has 0 spiro atoms. The highest BCUT2D eigenvalue weighted by Gasteiger charge is 2.25. The van der Waals surface area contributed by atoms with Crippen LogP contribution >= 0.6 is 0 Å². The average Bonchev–Trinajstić information content (AvgIpc) is 2.70. The number of hydrogen-bond acceptors (Lipinski definition) is 2. The number of nitrogens with one attached hydrogen (secondary N) is 1. The monoisotopic (exact) mass is 394 g/mol. The second-order valence-corrected chi connectivity index (χ2v) is 7.98. The summed E-state index contributed by atoms with van der Waals surface area (Å²) >= 11 is 0. The molecule has 1 N–H and O–H groups in total. The lowest BCUT2D eigenvalue weighted by molar-refractivity contribution is -0.140. The number of benzene rings is 2. The molecular formula is C25H34N2O2. The van der Waals surface area contributed by atoms with Gasteiger partial charge >= 0.3 is 0 Å². The molecule has 4 nitrogen and oxygen atoms in total. The maximum absolute atomic E-state index is 13.1. The van der Waals surface area contributed by atoms with Crippen molar-refractivity contribution in [3.8, 4) is 0 Å². The second-order valence-electron chi connectivity index (χ2n) is 7.98. The molecule has 0 aliphatic heterocycles. The van der Waals surface area contributed by atoms with Crippen molar-refractivity contribution >= 4 is 11.8 Å². The quantitative estimate of drug-likeness (QED) is 0.675. The molecule has 0 aromatic heterocycles. The molecule has 2 aromatic rings. The van der Waals surface area contributed by atoms with E-state index in [1.165, 1.54) is 5.56 Å². The van der Waals surface area contributed by atoms with Crippen LogP contribution in [0.4, 0.5) is 0 Å². The number of amides is 2. The van der Waals surface area contributed by atoms with Gasteiger partial charge in [0.1, 0.15) is 6.04 Å². The van der Waals surface area contributed by atoms with Crippen LogP contribution in [-0.2, 0) is 22.6 Å². The van der Waals surface area contributed by atoms with E-state index in [0.29, 0.717) is 31.8 Å². The molecule has 29 heavy (non-hydrogen) atoms. The summed E-state index contributed by atoms with van der Waals surface area (Å²) in [6.45, 7) is 11.1. The zero-order valence-corrected chi connectivity index (χ0v) is 18.4. The van der Waals surface area contributed by atoms with E-state index in [4.69, 9.17) is 0 Å². The minimum atomic E-state index is -0.508. The van der Waals surface area contributed by atoms with E-state index in [1.807, 2.05) is 32.0 Å². The first-order valence-corrected chi connectivity index (χ1v) is 10.5. The molecule has 1 atom stereocenters. The van der Waals surface area contributed by atoms with E-state index < -0.39 is 6.04 Å². The van der Waals surface area contributed by atoms with Crippen molar-refractivity contribution in [2.45, 2.75) is 66.0 Å². The van der Waals surface area contributed by atoms with E-state index in [2.05, 4.69) is 49.5 Å². The molecule has 0 saturated carbocycles. The van der Waals surface area contributed by atoms with Crippen LogP contribution in [0.15, 0.2) is 48.5 Å². The summed E-state index contributed by atoms with van der Waals surface area (Å²) in [5.41, 5.74) is 4.62. The van der Waals surface area contributed by atoms with Crippen LogP contribution in [-0.4, -0.2) is 29.3 Å². The Hall–Kier alpha value is -2.62. The lowest BCUT2D eigenvalue weighted by Crippen LogP contribution is -2.47. The number of nitrogens with zero attached hydrogens (tertiary/aromatic N) is 1. The van der Waals surface area contributed by atoms with Gasteiger partial charge in [-0.05, 0) is 49.8 Å². The Labute approximate surface area is 175 Å². The number of rotatable bonds is 9. The van der Waals surface area contributed by atoms with E-state index in [1.54, 1.807) is 11.8 Å². The third-order valence-corrected chi connectivity index (χ3v) is 5.23. The van der Waals surface area contributed by atoms with Crippen molar-refractivity contribution in [3.63, 3.8) is 0 Å². The molecule has 0 unspecified atom stereocenters. The van der Waals surface area contributed by atoms with E-state index in [0.717, 1.165) is 16.7 Å². The van der Waals surface area contributed by atoms with Gasteiger partial charge in [-0.1, -0.05) is 67.9 Å². The fourth-order valence-electron chi connectivity index (χ4n) is 3.38. The highest BCUT2D eigenvalue weighted by Crippen LogP contribution is 2.17. The number of likely N-dealkylation sites (N-methyl/N-ethyl adjacent to an activating group) is 1. The Balaban J connectivity index is 2.11. The number of hydrogen-bond donors (Lipinski definition) is 1. The van der Waals surface area contributed by atoms with Crippen LogP contribution in [0.1, 0.15) is 62.3 Å². The summed E-state index contributed by atoms with van der Waals surface area (Å²) in [6, 6.07) is 16.0. The van der Waals surface area contributed by atoms with E-state index in [-0.39, 0.29) is 11.8 Å². The molecule has 0 heterocycles. The largest absolute Gasteiger partial charge is 0.355 e. The van der Waals surface area contributed by atoms with Gasteiger partial charge in [0.2, 0.25) is 11.8 Å². The molecule has 2 amide bonds. The van der Waals surface area contributed by atoms with Gasteiger partial charge < -0.3 is 10.2 Å². The van der Waals surface area contributed by atoms with E-state index in [9.17, 15) is 9.59 Å². The maximum Gasteiger partial charge on any atom is 0.242 e. The zero-order valence-electron chi connectivity index (χ0n) is 18.4. The smallest absolute Gasteiger partial charge is 0.242 e. The Morgan fingerprint density at radius 2 is 1.69 bits per heavy atom. The van der Waals surface area contributed by atoms with Gasteiger partial charge in [0.25, 0.3) is 0 Å². The fraction of sp³-hybridized carbons (Fsp3) is 0.440. The summed E-state index contributed by atoms with van der Waals surface area (Å²) in [4.78, 5) is 27.2. The lowest BCUT2D eigenvalue weighted by Gasteiger charge is -2.29. The topological polar surface area (TPSA) is 49.4 Å². The summed E-state index contributed by atoms with van der Waals surface area (Å²) in [5.74, 6) is 0.376. The van der Waals surface area contributed by atoms with Crippen molar-refractivity contribution in [1.29, 1.82) is 0 Å². The van der Waals surface area contributed by atoms with Crippen molar-refractivity contribution in [2.24, 2.45) is 0 Å². The summed E-state index contributed by atoms with van der Waals surface area (Å²) < 4.78 is 0. The summed E-state index contributed by atoms with van der Waals surface area (Å²) in [5, 5.41) is 2.84. The highest BCUT2D eigenvalue weighted by atomic mass is 16.2. The first-order chi connectivity index (χ1) is 13.8. The molecule has 2 rings (SSSR count). The lowest BCUT2D eigenvalue weighted by atomic mass is 10.00. The van der Waals surface area contributed by atoms with Crippen LogP contribution in [0.3, 0.4) is 0 Å². The van der Waals surface area contributed by atoms with Crippen LogP contribution in [0.5, 0.6) is 0 Å². The molecule has 0 radical (unpaired) electrons. The highest BCUT2D eigenvalue weighted by molar-refractivity contribution is 5.87. The van der Waals surface area contributed by atoms with Crippen molar-refractivity contribution < 1.29 is 9.59 Å². The molecule has 0 fully saturated rings. The maximum atomic E-state index is 13.1. The number of carbonyl (C=O) groups excluding carboxylic acids is 2. The van der Waals surface area contributed by atoms with Crippen molar-refractivity contribution in [2.75, 3.05) is 6.54 Å². The number of carbonyl (C=O) groups is 2. The Bertz CT molecular complexity index is 812. The van der Waals surface area contributed by atoms with Gasteiger partial charge in [0.15, 0.2) is 0 Å². The molecule has 4 heteroatoms. The molecule has 0 bridgehead atoms. The van der Waals surface area contributed by atoms with Gasteiger partial charge in [0.05, 0.1) is 0 Å². The molecule has 0 aliphatic carbocycles. The van der Waals surface area contributed by atoms with Crippen LogP contribution < -0.4 is 5.32 Å². The van der Waals surface area contributed by atoms with Crippen LogP contribution in [0.25, 0.3) is 0 Å². The van der Waals surface area contributed by atoms with Gasteiger partial charge in [-0.3, -0.25) is 9.59 Å². The summed E-state index contributed by atoms with van der Waals surface area (Å²) in [6.07, 6.45) is 1.06. The average molecular weight is 395 g/mol. The molecule has 2 aromatic carbocycles. The van der Waals surface area contributed by atoms with Crippen molar-refractivity contribution in [3.05, 3.63) is 70.8 Å². The molecular weight excluding hydrogens is 360 g/mol. The van der Waals surface area contributed by atoms with Crippen LogP contribution in [0, 0.1) is 6.92 Å². The predicted molar refractivity (Wildman–Crippen MR) is 119 cm³/mol. The minimum Gasteiger partial charge on any atom is -0.355 e. The Morgan fingerprint density at radius 1 is 1.00 bits per heavy atom.